The second-order valence-corrected chi connectivity index (χ2v) is 7.62. The number of aromatic nitrogens is 2. The van der Waals surface area contributed by atoms with Gasteiger partial charge in [0.25, 0.3) is 5.91 Å². The molecule has 2 aromatic heterocycles. The number of nitrogens with one attached hydrogen (secondary N) is 2. The van der Waals surface area contributed by atoms with Gasteiger partial charge in [-0.05, 0) is 42.2 Å². The second kappa shape index (κ2) is 8.33. The van der Waals surface area contributed by atoms with Crippen LogP contribution in [0.4, 0.5) is 17.1 Å². The maximum atomic E-state index is 12.9. The van der Waals surface area contributed by atoms with Crippen LogP contribution in [0.3, 0.4) is 0 Å². The SMILES string of the molecule is Cc1cccc(C(C)C)c1Nc1cncc(C(=O)Nc2cccc3cccnc23)c1. The summed E-state index contributed by atoms with van der Waals surface area (Å²) in [4.78, 5) is 21.6. The largest absolute Gasteiger partial charge is 0.354 e. The summed E-state index contributed by atoms with van der Waals surface area (Å²) in [5.41, 5.74) is 6.13. The molecule has 5 heteroatoms. The molecular weight excluding hydrogens is 372 g/mol. The number of fused-ring (bicyclic) bond motifs is 1. The Bertz CT molecular complexity index is 1210. The second-order valence-electron chi connectivity index (χ2n) is 7.62. The Labute approximate surface area is 176 Å². The van der Waals surface area contributed by atoms with E-state index in [0.29, 0.717) is 17.2 Å². The van der Waals surface area contributed by atoms with Crippen LogP contribution in [-0.4, -0.2) is 15.9 Å². The Kier molecular flexibility index (Phi) is 5.44. The Hall–Kier alpha value is -3.73. The molecule has 30 heavy (non-hydrogen) atoms. The summed E-state index contributed by atoms with van der Waals surface area (Å²) in [5, 5.41) is 7.40. The van der Waals surface area contributed by atoms with Crippen molar-refractivity contribution >= 4 is 33.9 Å². The van der Waals surface area contributed by atoms with Gasteiger partial charge in [0.1, 0.15) is 0 Å². The van der Waals surface area contributed by atoms with E-state index in [1.54, 1.807) is 18.6 Å². The van der Waals surface area contributed by atoms with Gasteiger partial charge in [0, 0.05) is 23.5 Å². The zero-order valence-electron chi connectivity index (χ0n) is 17.3. The molecule has 2 N–H and O–H groups in total. The molecule has 0 saturated heterocycles. The fourth-order valence-electron chi connectivity index (χ4n) is 3.52. The van der Waals surface area contributed by atoms with E-state index in [9.17, 15) is 4.79 Å². The quantitative estimate of drug-likeness (QED) is 0.430. The number of anilines is 3. The van der Waals surface area contributed by atoms with Crippen molar-refractivity contribution in [3.8, 4) is 0 Å². The standard InChI is InChI=1S/C25H24N4O/c1-16(2)21-10-4-7-17(3)23(21)28-20-13-19(14-26-15-20)25(30)29-22-11-5-8-18-9-6-12-27-24(18)22/h4-16,28H,1-3H3,(H,29,30). The van der Waals surface area contributed by atoms with Gasteiger partial charge in [-0.25, -0.2) is 0 Å². The minimum atomic E-state index is -0.224. The monoisotopic (exact) mass is 396 g/mol. The summed E-state index contributed by atoms with van der Waals surface area (Å²) in [6.07, 6.45) is 5.02. The highest BCUT2D eigenvalue weighted by Gasteiger charge is 2.13. The summed E-state index contributed by atoms with van der Waals surface area (Å²) >= 11 is 0. The summed E-state index contributed by atoms with van der Waals surface area (Å²) in [5.74, 6) is 0.156. The van der Waals surface area contributed by atoms with Crippen molar-refractivity contribution in [3.63, 3.8) is 0 Å². The zero-order chi connectivity index (χ0) is 21.1. The smallest absolute Gasteiger partial charge is 0.257 e. The molecule has 0 unspecified atom stereocenters. The lowest BCUT2D eigenvalue weighted by Gasteiger charge is -2.17. The van der Waals surface area contributed by atoms with Crippen LogP contribution in [0.15, 0.2) is 73.2 Å². The van der Waals surface area contributed by atoms with Crippen LogP contribution >= 0.6 is 0 Å². The van der Waals surface area contributed by atoms with E-state index in [1.165, 1.54) is 5.56 Å². The van der Waals surface area contributed by atoms with Gasteiger partial charge in [0.2, 0.25) is 0 Å². The van der Waals surface area contributed by atoms with Gasteiger partial charge < -0.3 is 10.6 Å². The number of benzene rings is 2. The highest BCUT2D eigenvalue weighted by Crippen LogP contribution is 2.30. The molecule has 4 aromatic rings. The van der Waals surface area contributed by atoms with E-state index < -0.39 is 0 Å². The highest BCUT2D eigenvalue weighted by molar-refractivity contribution is 6.08. The van der Waals surface area contributed by atoms with Crippen molar-refractivity contribution in [2.45, 2.75) is 26.7 Å². The van der Waals surface area contributed by atoms with Crippen molar-refractivity contribution in [3.05, 3.63) is 89.9 Å². The number of carbonyl (C=O) groups excluding carboxylic acids is 1. The first-order valence-electron chi connectivity index (χ1n) is 9.99. The highest BCUT2D eigenvalue weighted by atomic mass is 16.1. The third-order valence-corrected chi connectivity index (χ3v) is 5.08. The average molecular weight is 396 g/mol. The summed E-state index contributed by atoms with van der Waals surface area (Å²) in [7, 11) is 0. The predicted molar refractivity (Wildman–Crippen MR) is 122 cm³/mol. The summed E-state index contributed by atoms with van der Waals surface area (Å²) in [6, 6.07) is 17.7. The molecule has 0 saturated carbocycles. The molecular formula is C25H24N4O. The van der Waals surface area contributed by atoms with Gasteiger partial charge in [-0.2, -0.15) is 0 Å². The lowest BCUT2D eigenvalue weighted by molar-refractivity contribution is 0.102. The Morgan fingerprint density at radius 1 is 1.00 bits per heavy atom. The van der Waals surface area contributed by atoms with Crippen LogP contribution in [0.2, 0.25) is 0 Å². The van der Waals surface area contributed by atoms with Crippen LogP contribution in [-0.2, 0) is 0 Å². The number of hydrogen-bond donors (Lipinski definition) is 2. The van der Waals surface area contributed by atoms with E-state index >= 15 is 0 Å². The molecule has 0 aliphatic carbocycles. The lowest BCUT2D eigenvalue weighted by Crippen LogP contribution is -2.13. The molecule has 0 spiro atoms. The van der Waals surface area contributed by atoms with Crippen molar-refractivity contribution in [2.24, 2.45) is 0 Å². The number of nitrogens with zero attached hydrogens (tertiary/aromatic N) is 2. The van der Waals surface area contributed by atoms with Crippen molar-refractivity contribution in [1.82, 2.24) is 9.97 Å². The fraction of sp³-hybridized carbons (Fsp3) is 0.160. The van der Waals surface area contributed by atoms with Crippen molar-refractivity contribution < 1.29 is 4.79 Å². The molecule has 0 fully saturated rings. The molecule has 5 nitrogen and oxygen atoms in total. The first kappa shape index (κ1) is 19.6. The van der Waals surface area contributed by atoms with Crippen LogP contribution in [0.5, 0.6) is 0 Å². The van der Waals surface area contributed by atoms with Crippen LogP contribution in [0.1, 0.15) is 41.3 Å². The molecule has 0 atom stereocenters. The zero-order valence-corrected chi connectivity index (χ0v) is 17.3. The van der Waals surface area contributed by atoms with E-state index in [2.05, 4.69) is 59.6 Å². The third-order valence-electron chi connectivity index (χ3n) is 5.08. The predicted octanol–water partition coefficient (Wildman–Crippen LogP) is 6.06. The van der Waals surface area contributed by atoms with Gasteiger partial charge >= 0.3 is 0 Å². The Morgan fingerprint density at radius 3 is 2.63 bits per heavy atom. The minimum Gasteiger partial charge on any atom is -0.354 e. The molecule has 2 aromatic carbocycles. The Morgan fingerprint density at radius 2 is 1.80 bits per heavy atom. The van der Waals surface area contributed by atoms with E-state index in [1.807, 2.05) is 36.4 Å². The van der Waals surface area contributed by atoms with Crippen molar-refractivity contribution in [2.75, 3.05) is 10.6 Å². The number of hydrogen-bond acceptors (Lipinski definition) is 4. The first-order chi connectivity index (χ1) is 14.5. The number of carbonyl (C=O) groups is 1. The van der Waals surface area contributed by atoms with Crippen LogP contribution in [0.25, 0.3) is 10.9 Å². The fourth-order valence-corrected chi connectivity index (χ4v) is 3.52. The molecule has 0 radical (unpaired) electrons. The number of amides is 1. The summed E-state index contributed by atoms with van der Waals surface area (Å²) < 4.78 is 0. The van der Waals surface area contributed by atoms with Gasteiger partial charge in [0.15, 0.2) is 0 Å². The lowest BCUT2D eigenvalue weighted by atomic mass is 9.98. The Balaban J connectivity index is 1.60. The molecule has 150 valence electrons. The van der Waals surface area contributed by atoms with Gasteiger partial charge in [-0.15, -0.1) is 0 Å². The van der Waals surface area contributed by atoms with Gasteiger partial charge in [-0.3, -0.25) is 14.8 Å². The number of aryl methyl sites for hydroxylation is 1. The normalized spacial score (nSPS) is 10.9. The molecule has 4 rings (SSSR count). The number of pyridine rings is 2. The van der Waals surface area contributed by atoms with Crippen LogP contribution < -0.4 is 10.6 Å². The van der Waals surface area contributed by atoms with Crippen molar-refractivity contribution in [1.29, 1.82) is 0 Å². The van der Waals surface area contributed by atoms with E-state index in [4.69, 9.17) is 0 Å². The molecule has 0 aliphatic rings. The minimum absolute atomic E-state index is 0.224. The van der Waals surface area contributed by atoms with E-state index in [-0.39, 0.29) is 5.91 Å². The number of para-hydroxylation sites is 2. The first-order valence-corrected chi connectivity index (χ1v) is 9.99. The van der Waals surface area contributed by atoms with E-state index in [0.717, 1.165) is 27.8 Å². The van der Waals surface area contributed by atoms with Crippen LogP contribution in [0, 0.1) is 6.92 Å². The average Bonchev–Trinajstić information content (AvgIpc) is 2.75. The molecule has 0 bridgehead atoms. The summed E-state index contributed by atoms with van der Waals surface area (Å²) in [6.45, 7) is 6.41. The molecule has 2 heterocycles. The number of rotatable bonds is 5. The van der Waals surface area contributed by atoms with Gasteiger partial charge in [-0.1, -0.05) is 50.2 Å². The molecule has 0 aliphatic heterocycles. The van der Waals surface area contributed by atoms with Gasteiger partial charge in [0.05, 0.1) is 28.7 Å². The topological polar surface area (TPSA) is 66.9 Å². The maximum absolute atomic E-state index is 12.9. The molecule has 1 amide bonds. The third kappa shape index (κ3) is 4.01. The maximum Gasteiger partial charge on any atom is 0.257 e.